The number of alkyl halides is 3. The number of benzene rings is 1. The second-order valence-electron chi connectivity index (χ2n) is 5.64. The summed E-state index contributed by atoms with van der Waals surface area (Å²) in [5.74, 6) is -0.829. The van der Waals surface area contributed by atoms with Crippen molar-refractivity contribution in [3.8, 4) is 5.69 Å². The number of hydrogen-bond acceptors (Lipinski definition) is 4. The Balaban J connectivity index is 2.58. The molecule has 0 radical (unpaired) electrons. The average molecular weight is 413 g/mol. The van der Waals surface area contributed by atoms with Crippen LogP contribution in [-0.4, -0.2) is 22.8 Å². The van der Waals surface area contributed by atoms with Crippen LogP contribution in [0.1, 0.15) is 12.6 Å². The van der Waals surface area contributed by atoms with Crippen LogP contribution in [0.25, 0.3) is 16.7 Å². The molecule has 0 spiro atoms. The van der Waals surface area contributed by atoms with Crippen molar-refractivity contribution in [2.45, 2.75) is 13.1 Å². The zero-order valence-corrected chi connectivity index (χ0v) is 15.4. The molecule has 0 bridgehead atoms. The van der Waals surface area contributed by atoms with E-state index in [2.05, 4.69) is 15.3 Å². The molecule has 0 amide bonds. The third kappa shape index (κ3) is 3.22. The molecule has 2 aromatic heterocycles. The van der Waals surface area contributed by atoms with E-state index < -0.39 is 28.3 Å². The molecule has 1 N–H and O–H groups in total. The van der Waals surface area contributed by atoms with Gasteiger partial charge < -0.3 is 5.32 Å². The highest BCUT2D eigenvalue weighted by Gasteiger charge is 2.33. The highest BCUT2D eigenvalue weighted by Crippen LogP contribution is 2.35. The molecular weight excluding hydrogens is 400 g/mol. The van der Waals surface area contributed by atoms with Crippen molar-refractivity contribution in [3.63, 3.8) is 0 Å². The van der Waals surface area contributed by atoms with Crippen molar-refractivity contribution in [2.24, 2.45) is 4.99 Å². The number of anilines is 1. The maximum absolute atomic E-state index is 14.0. The number of hydrogen-bond donors (Lipinski definition) is 1. The Morgan fingerprint density at radius 1 is 1.25 bits per heavy atom. The number of aliphatic imine (C=N–C) groups is 1. The maximum Gasteiger partial charge on any atom is 0.433 e. The summed E-state index contributed by atoms with van der Waals surface area (Å²) < 4.78 is 54.4. The maximum atomic E-state index is 14.0. The molecule has 146 valence electrons. The number of halogens is 5. The Morgan fingerprint density at radius 2 is 1.96 bits per heavy atom. The molecule has 0 aliphatic carbocycles. The fourth-order valence-corrected chi connectivity index (χ4v) is 3.01. The summed E-state index contributed by atoms with van der Waals surface area (Å²) >= 11 is 5.99. The fourth-order valence-electron chi connectivity index (χ4n) is 2.80. The van der Waals surface area contributed by atoms with E-state index >= 15 is 0 Å². The number of pyridine rings is 2. The number of nitrogens with zero attached hydrogens (tertiary/aromatic N) is 3. The summed E-state index contributed by atoms with van der Waals surface area (Å²) in [5, 5.41) is 2.54. The zero-order chi connectivity index (χ0) is 20.6. The summed E-state index contributed by atoms with van der Waals surface area (Å²) in [6, 6.07) is 5.64. The summed E-state index contributed by atoms with van der Waals surface area (Å²) in [6.45, 7) is 1.58. The predicted octanol–water partition coefficient (Wildman–Crippen LogP) is 4.96. The lowest BCUT2D eigenvalue weighted by Crippen LogP contribution is -2.22. The average Bonchev–Trinajstić information content (AvgIpc) is 2.64. The highest BCUT2D eigenvalue weighted by atomic mass is 35.5. The Hall–Kier alpha value is -2.94. The Kier molecular flexibility index (Phi) is 5.12. The first kappa shape index (κ1) is 19.8. The lowest BCUT2D eigenvalue weighted by molar-refractivity contribution is -0.141. The van der Waals surface area contributed by atoms with Crippen LogP contribution in [0.3, 0.4) is 0 Å². The normalized spacial score (nSPS) is 12.1. The summed E-state index contributed by atoms with van der Waals surface area (Å²) in [4.78, 5) is 20.7. The molecule has 28 heavy (non-hydrogen) atoms. The molecule has 1 aromatic carbocycles. The molecule has 0 saturated heterocycles. The van der Waals surface area contributed by atoms with E-state index in [1.54, 1.807) is 6.92 Å². The molecule has 5 nitrogen and oxygen atoms in total. The molecule has 0 unspecified atom stereocenters. The molecule has 0 aliphatic rings. The summed E-state index contributed by atoms with van der Waals surface area (Å²) in [6.07, 6.45) is -3.38. The van der Waals surface area contributed by atoms with Gasteiger partial charge in [-0.05, 0) is 31.2 Å². The SMILES string of the molecule is C/C=N\c1c(NC)c2ccc(C(F)(F)F)nc2n(-c2cccc(F)c2Cl)c1=O. The van der Waals surface area contributed by atoms with E-state index in [-0.39, 0.29) is 28.1 Å². The minimum Gasteiger partial charge on any atom is -0.386 e. The van der Waals surface area contributed by atoms with Crippen molar-refractivity contribution in [2.75, 3.05) is 12.4 Å². The van der Waals surface area contributed by atoms with E-state index in [1.165, 1.54) is 31.5 Å². The summed E-state index contributed by atoms with van der Waals surface area (Å²) in [7, 11) is 1.50. The lowest BCUT2D eigenvalue weighted by atomic mass is 10.1. The van der Waals surface area contributed by atoms with Gasteiger partial charge in [0.2, 0.25) is 0 Å². The smallest absolute Gasteiger partial charge is 0.386 e. The second-order valence-corrected chi connectivity index (χ2v) is 6.02. The minimum absolute atomic E-state index is 0.0700. The van der Waals surface area contributed by atoms with Crippen LogP contribution < -0.4 is 10.9 Å². The number of nitrogens with one attached hydrogen (secondary N) is 1. The van der Waals surface area contributed by atoms with Crippen molar-refractivity contribution in [3.05, 3.63) is 57.2 Å². The molecule has 0 saturated carbocycles. The largest absolute Gasteiger partial charge is 0.433 e. The van der Waals surface area contributed by atoms with Gasteiger partial charge in [0.1, 0.15) is 22.2 Å². The van der Waals surface area contributed by atoms with Gasteiger partial charge in [-0.15, -0.1) is 0 Å². The standard InChI is InChI=1S/C18H13ClF4N4O/c1-3-25-15-14(24-2)9-7-8-12(18(21,22)23)26-16(9)27(17(15)28)11-6-4-5-10(20)13(11)19/h3-8,24H,1-2H3/b25-3-. The molecule has 3 aromatic rings. The Morgan fingerprint density at radius 3 is 2.57 bits per heavy atom. The van der Waals surface area contributed by atoms with Crippen molar-refractivity contribution < 1.29 is 17.6 Å². The molecule has 2 heterocycles. The number of rotatable bonds is 3. The molecule has 0 aliphatic heterocycles. The van der Waals surface area contributed by atoms with Gasteiger partial charge in [0.05, 0.1) is 11.4 Å². The van der Waals surface area contributed by atoms with Crippen LogP contribution in [0.5, 0.6) is 0 Å². The van der Waals surface area contributed by atoms with Crippen molar-refractivity contribution >= 4 is 40.2 Å². The number of fused-ring (bicyclic) bond motifs is 1. The first-order chi connectivity index (χ1) is 13.2. The monoisotopic (exact) mass is 412 g/mol. The van der Waals surface area contributed by atoms with Gasteiger partial charge in [0.15, 0.2) is 5.69 Å². The van der Waals surface area contributed by atoms with Crippen LogP contribution in [0, 0.1) is 5.82 Å². The quantitative estimate of drug-likeness (QED) is 0.488. The molecular formula is C18H13ClF4N4O. The predicted molar refractivity (Wildman–Crippen MR) is 101 cm³/mol. The van der Waals surface area contributed by atoms with Gasteiger partial charge in [0.25, 0.3) is 5.56 Å². The Bertz CT molecular complexity index is 1160. The van der Waals surface area contributed by atoms with Gasteiger partial charge in [0, 0.05) is 18.6 Å². The van der Waals surface area contributed by atoms with Crippen molar-refractivity contribution in [1.82, 2.24) is 9.55 Å². The molecule has 0 atom stereocenters. The van der Waals surface area contributed by atoms with E-state index in [9.17, 15) is 22.4 Å². The van der Waals surface area contributed by atoms with Crippen LogP contribution in [0.2, 0.25) is 5.02 Å². The first-order valence-corrected chi connectivity index (χ1v) is 8.36. The van der Waals surface area contributed by atoms with Crippen LogP contribution in [0.15, 0.2) is 40.1 Å². The van der Waals surface area contributed by atoms with Crippen LogP contribution in [-0.2, 0) is 6.18 Å². The van der Waals surface area contributed by atoms with E-state index in [1.807, 2.05) is 0 Å². The highest BCUT2D eigenvalue weighted by molar-refractivity contribution is 6.32. The van der Waals surface area contributed by atoms with E-state index in [0.29, 0.717) is 0 Å². The molecule has 10 heteroatoms. The van der Waals surface area contributed by atoms with Gasteiger partial charge in [-0.1, -0.05) is 17.7 Å². The van der Waals surface area contributed by atoms with Crippen LogP contribution in [0.4, 0.5) is 28.9 Å². The van der Waals surface area contributed by atoms with Crippen molar-refractivity contribution in [1.29, 1.82) is 0 Å². The topological polar surface area (TPSA) is 59.3 Å². The lowest BCUT2D eigenvalue weighted by Gasteiger charge is -2.17. The minimum atomic E-state index is -4.74. The summed E-state index contributed by atoms with van der Waals surface area (Å²) in [5.41, 5.74) is -2.34. The van der Waals surface area contributed by atoms with Crippen LogP contribution >= 0.6 is 11.6 Å². The van der Waals surface area contributed by atoms with E-state index in [4.69, 9.17) is 11.6 Å². The zero-order valence-electron chi connectivity index (χ0n) is 14.6. The first-order valence-electron chi connectivity index (χ1n) is 7.98. The third-order valence-corrected chi connectivity index (χ3v) is 4.34. The molecule has 3 rings (SSSR count). The molecule has 0 fully saturated rings. The van der Waals surface area contributed by atoms with Gasteiger partial charge >= 0.3 is 6.18 Å². The Labute approximate surface area is 161 Å². The fraction of sp³-hybridized carbons (Fsp3) is 0.167. The second kappa shape index (κ2) is 7.23. The van der Waals surface area contributed by atoms with Gasteiger partial charge in [-0.25, -0.2) is 9.37 Å². The van der Waals surface area contributed by atoms with Gasteiger partial charge in [-0.2, -0.15) is 13.2 Å². The van der Waals surface area contributed by atoms with E-state index in [0.717, 1.165) is 16.7 Å². The van der Waals surface area contributed by atoms with Gasteiger partial charge in [-0.3, -0.25) is 14.4 Å². The third-order valence-electron chi connectivity index (χ3n) is 3.97. The number of aromatic nitrogens is 2.